The van der Waals surface area contributed by atoms with Crippen LogP contribution in [0.2, 0.25) is 0 Å². The van der Waals surface area contributed by atoms with Gasteiger partial charge in [0.2, 0.25) is 5.91 Å². The van der Waals surface area contributed by atoms with E-state index in [0.29, 0.717) is 12.4 Å². The van der Waals surface area contributed by atoms with Gasteiger partial charge in [-0.25, -0.2) is 0 Å². The van der Waals surface area contributed by atoms with Gasteiger partial charge in [0, 0.05) is 35.2 Å². The van der Waals surface area contributed by atoms with Crippen LogP contribution in [0.15, 0.2) is 78.2 Å². The molecule has 5 nitrogen and oxygen atoms in total. The summed E-state index contributed by atoms with van der Waals surface area (Å²) in [6, 6.07) is 15.4. The molecule has 0 aliphatic heterocycles. The number of amides is 1. The van der Waals surface area contributed by atoms with E-state index in [1.807, 2.05) is 55.5 Å². The summed E-state index contributed by atoms with van der Waals surface area (Å²) in [5.74, 6) is 1.16. The molecule has 2 aromatic heterocycles. The standard InChI is InChI=1S/C21H21N3O2S/c1-16(24-21(25)15-27-20-8-11-22-12-9-20)18-4-6-19(7-5-18)26-14-17-3-2-10-23-13-17/h2-13,16H,14-15H2,1H3,(H,24,25). The fourth-order valence-electron chi connectivity index (χ4n) is 2.45. The molecule has 0 aliphatic carbocycles. The van der Waals surface area contributed by atoms with Crippen LogP contribution in [0, 0.1) is 0 Å². The lowest BCUT2D eigenvalue weighted by Gasteiger charge is -2.15. The molecule has 138 valence electrons. The van der Waals surface area contributed by atoms with Gasteiger partial charge in [-0.05, 0) is 42.8 Å². The van der Waals surface area contributed by atoms with Gasteiger partial charge in [0.15, 0.2) is 0 Å². The summed E-state index contributed by atoms with van der Waals surface area (Å²) in [5.41, 5.74) is 2.06. The van der Waals surface area contributed by atoms with Crippen molar-refractivity contribution in [1.82, 2.24) is 15.3 Å². The molecule has 0 saturated heterocycles. The second-order valence-electron chi connectivity index (χ2n) is 5.98. The van der Waals surface area contributed by atoms with Gasteiger partial charge in [0.25, 0.3) is 0 Å². The number of thioether (sulfide) groups is 1. The van der Waals surface area contributed by atoms with Crippen LogP contribution >= 0.6 is 11.8 Å². The number of hydrogen-bond donors (Lipinski definition) is 1. The van der Waals surface area contributed by atoms with Crippen LogP contribution in [-0.2, 0) is 11.4 Å². The molecule has 1 aromatic carbocycles. The van der Waals surface area contributed by atoms with Gasteiger partial charge in [-0.3, -0.25) is 14.8 Å². The van der Waals surface area contributed by atoms with Crippen LogP contribution < -0.4 is 10.1 Å². The molecule has 0 aliphatic rings. The van der Waals surface area contributed by atoms with Crippen molar-refractivity contribution in [2.45, 2.75) is 24.5 Å². The van der Waals surface area contributed by atoms with Gasteiger partial charge in [-0.15, -0.1) is 11.8 Å². The topological polar surface area (TPSA) is 64.1 Å². The fourth-order valence-corrected chi connectivity index (χ4v) is 3.15. The number of benzene rings is 1. The minimum absolute atomic E-state index is 0.00113. The molecule has 2 heterocycles. The van der Waals surface area contributed by atoms with Crippen molar-refractivity contribution in [1.29, 1.82) is 0 Å². The molecular weight excluding hydrogens is 358 g/mol. The Morgan fingerprint density at radius 2 is 1.85 bits per heavy atom. The number of carbonyl (C=O) groups excluding carboxylic acids is 1. The summed E-state index contributed by atoms with van der Waals surface area (Å²) in [5, 5.41) is 3.02. The van der Waals surface area contributed by atoms with Crippen LogP contribution in [0.25, 0.3) is 0 Å². The third kappa shape index (κ3) is 6.11. The lowest BCUT2D eigenvalue weighted by molar-refractivity contribution is -0.119. The summed E-state index contributed by atoms with van der Waals surface area (Å²) in [7, 11) is 0. The van der Waals surface area contributed by atoms with Gasteiger partial charge in [-0.2, -0.15) is 0 Å². The molecule has 0 bridgehead atoms. The number of rotatable bonds is 8. The Labute approximate surface area is 163 Å². The summed E-state index contributed by atoms with van der Waals surface area (Å²) in [4.78, 5) is 21.2. The van der Waals surface area contributed by atoms with Crippen molar-refractivity contribution >= 4 is 17.7 Å². The maximum atomic E-state index is 12.1. The molecule has 3 rings (SSSR count). The third-order valence-electron chi connectivity index (χ3n) is 3.91. The molecule has 1 amide bonds. The van der Waals surface area contributed by atoms with E-state index in [0.717, 1.165) is 21.8 Å². The van der Waals surface area contributed by atoms with Crippen molar-refractivity contribution in [2.24, 2.45) is 0 Å². The Morgan fingerprint density at radius 3 is 2.56 bits per heavy atom. The normalized spacial score (nSPS) is 11.6. The number of aromatic nitrogens is 2. The Bertz CT molecular complexity index is 842. The van der Waals surface area contributed by atoms with Crippen molar-refractivity contribution in [2.75, 3.05) is 5.75 Å². The lowest BCUT2D eigenvalue weighted by Crippen LogP contribution is -2.28. The molecule has 1 atom stereocenters. The first-order valence-corrected chi connectivity index (χ1v) is 9.63. The van der Waals surface area contributed by atoms with Gasteiger partial charge >= 0.3 is 0 Å². The Morgan fingerprint density at radius 1 is 1.07 bits per heavy atom. The Hall–Kier alpha value is -2.86. The van der Waals surface area contributed by atoms with E-state index in [1.54, 1.807) is 24.8 Å². The fraction of sp³-hybridized carbons (Fsp3) is 0.190. The number of nitrogens with zero attached hydrogens (tertiary/aromatic N) is 2. The zero-order valence-electron chi connectivity index (χ0n) is 15.0. The number of pyridine rings is 2. The predicted octanol–water partition coefficient (Wildman–Crippen LogP) is 4.03. The summed E-state index contributed by atoms with van der Waals surface area (Å²) >= 11 is 1.50. The summed E-state index contributed by atoms with van der Waals surface area (Å²) in [6.07, 6.45) is 6.97. The highest BCUT2D eigenvalue weighted by molar-refractivity contribution is 8.00. The summed E-state index contributed by atoms with van der Waals surface area (Å²) in [6.45, 7) is 2.45. The van der Waals surface area contributed by atoms with E-state index < -0.39 is 0 Å². The molecule has 1 unspecified atom stereocenters. The molecule has 0 spiro atoms. The van der Waals surface area contributed by atoms with E-state index in [9.17, 15) is 4.79 Å². The average Bonchev–Trinajstić information content (AvgIpc) is 2.72. The van der Waals surface area contributed by atoms with Gasteiger partial charge in [0.05, 0.1) is 11.8 Å². The quantitative estimate of drug-likeness (QED) is 0.599. The van der Waals surface area contributed by atoms with Crippen molar-refractivity contribution < 1.29 is 9.53 Å². The number of carbonyl (C=O) groups is 1. The first kappa shape index (κ1) is 18.9. The SMILES string of the molecule is CC(NC(=O)CSc1ccncc1)c1ccc(OCc2cccnc2)cc1. The van der Waals surface area contributed by atoms with Crippen molar-refractivity contribution in [3.05, 3.63) is 84.4 Å². The molecule has 6 heteroatoms. The highest BCUT2D eigenvalue weighted by Crippen LogP contribution is 2.20. The highest BCUT2D eigenvalue weighted by Gasteiger charge is 2.10. The predicted molar refractivity (Wildman–Crippen MR) is 107 cm³/mol. The second kappa shape index (κ2) is 9.73. The first-order valence-electron chi connectivity index (χ1n) is 8.64. The zero-order valence-corrected chi connectivity index (χ0v) is 15.9. The lowest BCUT2D eigenvalue weighted by atomic mass is 10.1. The second-order valence-corrected chi connectivity index (χ2v) is 7.03. The first-order chi connectivity index (χ1) is 13.2. The molecule has 0 saturated carbocycles. The van der Waals surface area contributed by atoms with E-state index in [-0.39, 0.29) is 11.9 Å². The minimum Gasteiger partial charge on any atom is -0.489 e. The van der Waals surface area contributed by atoms with E-state index in [1.165, 1.54) is 11.8 Å². The molecule has 0 radical (unpaired) electrons. The largest absolute Gasteiger partial charge is 0.489 e. The summed E-state index contributed by atoms with van der Waals surface area (Å²) < 4.78 is 5.76. The molecular formula is C21H21N3O2S. The van der Waals surface area contributed by atoms with Crippen LogP contribution in [0.1, 0.15) is 24.1 Å². The Kier molecular flexibility index (Phi) is 6.82. The number of ether oxygens (including phenoxy) is 1. The third-order valence-corrected chi connectivity index (χ3v) is 4.92. The van der Waals surface area contributed by atoms with Crippen LogP contribution in [0.4, 0.5) is 0 Å². The van der Waals surface area contributed by atoms with E-state index in [2.05, 4.69) is 15.3 Å². The monoisotopic (exact) mass is 379 g/mol. The van der Waals surface area contributed by atoms with E-state index in [4.69, 9.17) is 4.74 Å². The van der Waals surface area contributed by atoms with Gasteiger partial charge < -0.3 is 10.1 Å². The number of nitrogens with one attached hydrogen (secondary N) is 1. The molecule has 3 aromatic rings. The van der Waals surface area contributed by atoms with Crippen LogP contribution in [-0.4, -0.2) is 21.6 Å². The van der Waals surface area contributed by atoms with Gasteiger partial charge in [0.1, 0.15) is 12.4 Å². The zero-order chi connectivity index (χ0) is 18.9. The Balaban J connectivity index is 1.46. The van der Waals surface area contributed by atoms with Gasteiger partial charge in [-0.1, -0.05) is 18.2 Å². The number of hydrogen-bond acceptors (Lipinski definition) is 5. The molecule has 27 heavy (non-hydrogen) atoms. The average molecular weight is 379 g/mol. The smallest absolute Gasteiger partial charge is 0.230 e. The van der Waals surface area contributed by atoms with E-state index >= 15 is 0 Å². The van der Waals surface area contributed by atoms with Crippen molar-refractivity contribution in [3.8, 4) is 5.75 Å². The van der Waals surface area contributed by atoms with Crippen LogP contribution in [0.3, 0.4) is 0 Å². The maximum absolute atomic E-state index is 12.1. The maximum Gasteiger partial charge on any atom is 0.230 e. The molecule has 1 N–H and O–H groups in total. The van der Waals surface area contributed by atoms with Crippen molar-refractivity contribution in [3.63, 3.8) is 0 Å². The highest BCUT2D eigenvalue weighted by atomic mass is 32.2. The minimum atomic E-state index is -0.0667. The molecule has 0 fully saturated rings. The van der Waals surface area contributed by atoms with Crippen LogP contribution in [0.5, 0.6) is 5.75 Å².